The van der Waals surface area contributed by atoms with Crippen molar-refractivity contribution in [2.75, 3.05) is 7.11 Å². The number of carbonyl (C=O) groups excluding carboxylic acids is 2. The predicted octanol–water partition coefficient (Wildman–Crippen LogP) is 2.55. The molecule has 0 aliphatic rings. The third kappa shape index (κ3) is 4.58. The summed E-state index contributed by atoms with van der Waals surface area (Å²) in [7, 11) is 1.30. The van der Waals surface area contributed by atoms with E-state index in [-0.39, 0.29) is 23.7 Å². The van der Waals surface area contributed by atoms with E-state index in [4.69, 9.17) is 4.42 Å². The fraction of sp³-hybridized carbons (Fsp3) is 0.438. The van der Waals surface area contributed by atoms with Crippen molar-refractivity contribution in [3.05, 3.63) is 40.0 Å². The first-order chi connectivity index (χ1) is 10.4. The molecule has 0 spiro atoms. The first kappa shape index (κ1) is 17.7. The van der Waals surface area contributed by atoms with E-state index < -0.39 is 17.4 Å². The van der Waals surface area contributed by atoms with Gasteiger partial charge in [0.1, 0.15) is 17.1 Å². The van der Waals surface area contributed by atoms with Crippen LogP contribution in [0.2, 0.25) is 0 Å². The summed E-state index contributed by atoms with van der Waals surface area (Å²) in [6.45, 7) is 3.43. The van der Waals surface area contributed by atoms with Crippen molar-refractivity contribution in [1.29, 1.82) is 0 Å². The second kappa shape index (κ2) is 8.17. The normalized spacial score (nSPS) is 12.3. The number of ether oxygens (including phenoxy) is 1. The largest absolute Gasteiger partial charge is 0.507 e. The molecule has 1 unspecified atom stereocenters. The number of aromatic hydroxyl groups is 1. The molecule has 0 aromatic carbocycles. The summed E-state index contributed by atoms with van der Waals surface area (Å²) in [5.74, 6) is -1.07. The van der Waals surface area contributed by atoms with Crippen molar-refractivity contribution >= 4 is 11.8 Å². The second-order valence-electron chi connectivity index (χ2n) is 4.88. The minimum absolute atomic E-state index is 0.117. The molecule has 0 radical (unpaired) electrons. The highest BCUT2D eigenvalue weighted by atomic mass is 16.5. The van der Waals surface area contributed by atoms with Gasteiger partial charge in [0, 0.05) is 24.5 Å². The minimum atomic E-state index is -0.821. The minimum Gasteiger partial charge on any atom is -0.507 e. The van der Waals surface area contributed by atoms with Gasteiger partial charge < -0.3 is 14.3 Å². The van der Waals surface area contributed by atoms with E-state index in [0.717, 1.165) is 0 Å². The topological polar surface area (TPSA) is 93.8 Å². The van der Waals surface area contributed by atoms with Crippen LogP contribution in [0.5, 0.6) is 5.75 Å². The summed E-state index contributed by atoms with van der Waals surface area (Å²) in [5, 5.41) is 9.84. The third-order valence-corrected chi connectivity index (χ3v) is 3.26. The van der Waals surface area contributed by atoms with E-state index in [2.05, 4.69) is 4.74 Å². The average molecular weight is 308 g/mol. The fourth-order valence-corrected chi connectivity index (χ4v) is 1.91. The van der Waals surface area contributed by atoms with Gasteiger partial charge in [0.25, 0.3) is 0 Å². The van der Waals surface area contributed by atoms with Crippen molar-refractivity contribution in [3.8, 4) is 5.75 Å². The van der Waals surface area contributed by atoms with Crippen molar-refractivity contribution in [3.63, 3.8) is 0 Å². The number of hydrogen-bond donors (Lipinski definition) is 1. The van der Waals surface area contributed by atoms with Crippen molar-refractivity contribution in [2.24, 2.45) is 0 Å². The van der Waals surface area contributed by atoms with E-state index in [1.165, 1.54) is 19.3 Å². The highest BCUT2D eigenvalue weighted by Gasteiger charge is 2.19. The van der Waals surface area contributed by atoms with Gasteiger partial charge >= 0.3 is 11.6 Å². The van der Waals surface area contributed by atoms with Crippen molar-refractivity contribution in [2.45, 2.75) is 39.0 Å². The Balaban J connectivity index is 2.81. The average Bonchev–Trinajstić information content (AvgIpc) is 2.49. The SMILES string of the molecule is CCC(=O)c1c(O)cc(C(C)CCC=CC(=O)OC)oc1=O. The van der Waals surface area contributed by atoms with Crippen LogP contribution < -0.4 is 5.63 Å². The third-order valence-electron chi connectivity index (χ3n) is 3.26. The quantitative estimate of drug-likeness (QED) is 0.472. The Kier molecular flexibility index (Phi) is 6.56. The number of allylic oxidation sites excluding steroid dienone is 1. The molecule has 1 rings (SSSR count). The maximum atomic E-state index is 11.8. The number of rotatable bonds is 7. The van der Waals surface area contributed by atoms with Crippen LogP contribution in [0, 0.1) is 0 Å². The lowest BCUT2D eigenvalue weighted by molar-refractivity contribution is -0.134. The summed E-state index contributed by atoms with van der Waals surface area (Å²) in [4.78, 5) is 34.3. The fourth-order valence-electron chi connectivity index (χ4n) is 1.91. The lowest BCUT2D eigenvalue weighted by Crippen LogP contribution is -2.15. The number of ketones is 1. The van der Waals surface area contributed by atoms with Gasteiger partial charge in [-0.15, -0.1) is 0 Å². The highest BCUT2D eigenvalue weighted by molar-refractivity contribution is 5.97. The molecular weight excluding hydrogens is 288 g/mol. The summed E-state index contributed by atoms with van der Waals surface area (Å²) in [6, 6.07) is 1.30. The molecule has 1 N–H and O–H groups in total. The van der Waals surface area contributed by atoms with Gasteiger partial charge in [-0.25, -0.2) is 9.59 Å². The van der Waals surface area contributed by atoms with Crippen LogP contribution in [0.4, 0.5) is 0 Å². The molecule has 0 saturated carbocycles. The maximum Gasteiger partial charge on any atom is 0.350 e. The standard InChI is InChI=1S/C16H20O6/c1-4-11(17)15-12(18)9-13(22-16(15)20)10(2)7-5-6-8-14(19)21-3/h6,8-10,18H,4-5,7H2,1-3H3. The highest BCUT2D eigenvalue weighted by Crippen LogP contribution is 2.25. The zero-order chi connectivity index (χ0) is 16.7. The molecule has 0 aliphatic heterocycles. The molecular formula is C16H20O6. The molecule has 0 amide bonds. The van der Waals surface area contributed by atoms with Gasteiger partial charge in [-0.1, -0.05) is 19.9 Å². The van der Waals surface area contributed by atoms with Gasteiger partial charge in [0.05, 0.1) is 7.11 Å². The molecule has 120 valence electrons. The van der Waals surface area contributed by atoms with Crippen LogP contribution in [0.1, 0.15) is 55.1 Å². The molecule has 1 aromatic heterocycles. The Morgan fingerprint density at radius 1 is 1.45 bits per heavy atom. The van der Waals surface area contributed by atoms with Gasteiger partial charge in [-0.2, -0.15) is 0 Å². The summed E-state index contributed by atoms with van der Waals surface area (Å²) in [5.41, 5.74) is -1.12. The first-order valence-electron chi connectivity index (χ1n) is 7.05. The van der Waals surface area contributed by atoms with E-state index in [1.54, 1.807) is 13.0 Å². The van der Waals surface area contributed by atoms with Gasteiger partial charge in [0.2, 0.25) is 0 Å². The molecule has 6 heteroatoms. The second-order valence-corrected chi connectivity index (χ2v) is 4.88. The Hall–Kier alpha value is -2.37. The first-order valence-corrected chi connectivity index (χ1v) is 7.05. The smallest absolute Gasteiger partial charge is 0.350 e. The molecule has 1 atom stereocenters. The molecule has 0 bridgehead atoms. The van der Waals surface area contributed by atoms with Crippen LogP contribution in [0.15, 0.2) is 27.4 Å². The lowest BCUT2D eigenvalue weighted by Gasteiger charge is -2.10. The van der Waals surface area contributed by atoms with Crippen LogP contribution in [-0.4, -0.2) is 24.0 Å². The van der Waals surface area contributed by atoms with Gasteiger partial charge in [-0.05, 0) is 12.8 Å². The lowest BCUT2D eigenvalue weighted by atomic mass is 10.0. The van der Waals surface area contributed by atoms with Crippen molar-refractivity contribution in [1.82, 2.24) is 0 Å². The summed E-state index contributed by atoms with van der Waals surface area (Å²) < 4.78 is 9.59. The zero-order valence-electron chi connectivity index (χ0n) is 12.9. The number of methoxy groups -OCH3 is 1. The molecule has 0 aliphatic carbocycles. The molecule has 1 aromatic rings. The molecule has 22 heavy (non-hydrogen) atoms. The predicted molar refractivity (Wildman–Crippen MR) is 80.1 cm³/mol. The molecule has 0 saturated heterocycles. The van der Waals surface area contributed by atoms with Crippen LogP contribution in [-0.2, 0) is 9.53 Å². The van der Waals surface area contributed by atoms with E-state index in [0.29, 0.717) is 18.6 Å². The maximum absolute atomic E-state index is 11.8. The number of carbonyl (C=O) groups is 2. The Morgan fingerprint density at radius 2 is 2.14 bits per heavy atom. The van der Waals surface area contributed by atoms with Crippen LogP contribution >= 0.6 is 0 Å². The summed E-state index contributed by atoms with van der Waals surface area (Å²) in [6.07, 6.45) is 4.29. The Labute approximate surface area is 128 Å². The van der Waals surface area contributed by atoms with Crippen molar-refractivity contribution < 1.29 is 23.8 Å². The zero-order valence-corrected chi connectivity index (χ0v) is 12.9. The molecule has 0 fully saturated rings. The van der Waals surface area contributed by atoms with Crippen LogP contribution in [0.25, 0.3) is 0 Å². The number of Topliss-reactive ketones (excluding diaryl/α,β-unsaturated/α-hetero) is 1. The van der Waals surface area contributed by atoms with Gasteiger partial charge in [0.15, 0.2) is 5.78 Å². The van der Waals surface area contributed by atoms with Gasteiger partial charge in [-0.3, -0.25) is 4.79 Å². The van der Waals surface area contributed by atoms with E-state index >= 15 is 0 Å². The molecule has 6 nitrogen and oxygen atoms in total. The Bertz CT molecular complexity index is 626. The monoisotopic (exact) mass is 308 g/mol. The molecule has 1 heterocycles. The van der Waals surface area contributed by atoms with E-state index in [1.807, 2.05) is 6.92 Å². The Morgan fingerprint density at radius 3 is 2.68 bits per heavy atom. The number of esters is 1. The van der Waals surface area contributed by atoms with Crippen LogP contribution in [0.3, 0.4) is 0 Å². The van der Waals surface area contributed by atoms with E-state index in [9.17, 15) is 19.5 Å². The number of hydrogen-bond acceptors (Lipinski definition) is 6. The summed E-state index contributed by atoms with van der Waals surface area (Å²) >= 11 is 0.